The lowest BCUT2D eigenvalue weighted by Gasteiger charge is -2.36. The van der Waals surface area contributed by atoms with Crippen LogP contribution >= 0.6 is 0 Å². The molecule has 0 spiro atoms. The lowest BCUT2D eigenvalue weighted by molar-refractivity contribution is 0.00592. The van der Waals surface area contributed by atoms with Crippen LogP contribution in [-0.4, -0.2) is 53.2 Å². The minimum absolute atomic E-state index is 0.0227. The zero-order valence-electron chi connectivity index (χ0n) is 12.4. The number of rotatable bonds is 2. The fraction of sp³-hybridized carbons (Fsp3) is 0.412. The van der Waals surface area contributed by atoms with Gasteiger partial charge >= 0.3 is 0 Å². The SMILES string of the molecule is O=C(c1cc2ccccc2nc1N1CCCC1)N1CC(O)C1. The van der Waals surface area contributed by atoms with Crippen molar-refractivity contribution in [2.45, 2.75) is 18.9 Å². The van der Waals surface area contributed by atoms with Gasteiger partial charge < -0.3 is 14.9 Å². The largest absolute Gasteiger partial charge is 0.389 e. The van der Waals surface area contributed by atoms with Gasteiger partial charge in [0.2, 0.25) is 0 Å². The zero-order chi connectivity index (χ0) is 15.1. The van der Waals surface area contributed by atoms with Crippen molar-refractivity contribution in [3.8, 4) is 0 Å². The molecule has 1 aromatic heterocycles. The first-order valence-corrected chi connectivity index (χ1v) is 7.84. The van der Waals surface area contributed by atoms with Crippen LogP contribution in [0.3, 0.4) is 0 Å². The molecular weight excluding hydrogens is 278 g/mol. The van der Waals surface area contributed by atoms with Crippen LogP contribution in [0.4, 0.5) is 5.82 Å². The number of benzene rings is 1. The van der Waals surface area contributed by atoms with E-state index in [1.165, 1.54) is 0 Å². The Morgan fingerprint density at radius 2 is 1.91 bits per heavy atom. The molecule has 0 atom stereocenters. The maximum atomic E-state index is 12.7. The highest BCUT2D eigenvalue weighted by Gasteiger charge is 2.32. The van der Waals surface area contributed by atoms with E-state index in [2.05, 4.69) is 4.90 Å². The lowest BCUT2D eigenvalue weighted by atomic mass is 10.1. The van der Waals surface area contributed by atoms with Crippen LogP contribution in [0.1, 0.15) is 23.2 Å². The summed E-state index contributed by atoms with van der Waals surface area (Å²) >= 11 is 0. The van der Waals surface area contributed by atoms with Crippen molar-refractivity contribution in [1.29, 1.82) is 0 Å². The number of fused-ring (bicyclic) bond motifs is 1. The first-order chi connectivity index (χ1) is 10.7. The third-order valence-corrected chi connectivity index (χ3v) is 4.49. The summed E-state index contributed by atoms with van der Waals surface area (Å²) in [4.78, 5) is 21.4. The number of hydrogen-bond acceptors (Lipinski definition) is 4. The van der Waals surface area contributed by atoms with Crippen molar-refractivity contribution in [1.82, 2.24) is 9.88 Å². The quantitative estimate of drug-likeness (QED) is 0.916. The topological polar surface area (TPSA) is 56.7 Å². The van der Waals surface area contributed by atoms with Gasteiger partial charge in [0.05, 0.1) is 17.2 Å². The Hall–Kier alpha value is -2.14. The van der Waals surface area contributed by atoms with Gasteiger partial charge in [0.25, 0.3) is 5.91 Å². The van der Waals surface area contributed by atoms with Gasteiger partial charge in [0, 0.05) is 31.6 Å². The van der Waals surface area contributed by atoms with E-state index in [9.17, 15) is 9.90 Å². The van der Waals surface area contributed by atoms with Gasteiger partial charge in [0.15, 0.2) is 0 Å². The van der Waals surface area contributed by atoms with Gasteiger partial charge in [-0.25, -0.2) is 4.98 Å². The summed E-state index contributed by atoms with van der Waals surface area (Å²) in [6, 6.07) is 9.84. The molecule has 2 saturated heterocycles. The summed E-state index contributed by atoms with van der Waals surface area (Å²) in [5, 5.41) is 10.4. The van der Waals surface area contributed by atoms with Gasteiger partial charge in [-0.15, -0.1) is 0 Å². The number of carbonyl (C=O) groups is 1. The molecule has 1 amide bonds. The molecule has 5 heteroatoms. The van der Waals surface area contributed by atoms with Crippen LogP contribution in [0.25, 0.3) is 10.9 Å². The van der Waals surface area contributed by atoms with Gasteiger partial charge in [-0.05, 0) is 25.0 Å². The molecule has 2 aliphatic heterocycles. The van der Waals surface area contributed by atoms with E-state index in [-0.39, 0.29) is 12.0 Å². The van der Waals surface area contributed by atoms with Gasteiger partial charge in [-0.3, -0.25) is 4.79 Å². The number of anilines is 1. The monoisotopic (exact) mass is 297 g/mol. The predicted molar refractivity (Wildman–Crippen MR) is 85.1 cm³/mol. The first kappa shape index (κ1) is 13.5. The molecule has 2 fully saturated rings. The number of aliphatic hydroxyl groups excluding tert-OH is 1. The molecule has 0 bridgehead atoms. The second-order valence-electron chi connectivity index (χ2n) is 6.11. The average Bonchev–Trinajstić information content (AvgIpc) is 3.04. The van der Waals surface area contributed by atoms with Crippen LogP contribution in [-0.2, 0) is 0 Å². The molecule has 5 nitrogen and oxygen atoms in total. The fourth-order valence-corrected chi connectivity index (χ4v) is 3.22. The highest BCUT2D eigenvalue weighted by molar-refractivity contribution is 6.02. The Bertz CT molecular complexity index is 719. The molecule has 3 heterocycles. The number of carbonyl (C=O) groups excluding carboxylic acids is 1. The van der Waals surface area contributed by atoms with Crippen LogP contribution in [0, 0.1) is 0 Å². The number of amides is 1. The second-order valence-corrected chi connectivity index (χ2v) is 6.11. The molecule has 0 unspecified atom stereocenters. The third-order valence-electron chi connectivity index (χ3n) is 4.49. The molecule has 4 rings (SSSR count). The summed E-state index contributed by atoms with van der Waals surface area (Å²) < 4.78 is 0. The van der Waals surface area contributed by atoms with Crippen LogP contribution < -0.4 is 4.90 Å². The smallest absolute Gasteiger partial charge is 0.257 e. The van der Waals surface area contributed by atoms with Crippen LogP contribution in [0.5, 0.6) is 0 Å². The number of aromatic nitrogens is 1. The van der Waals surface area contributed by atoms with Crippen LogP contribution in [0.15, 0.2) is 30.3 Å². The van der Waals surface area contributed by atoms with E-state index in [0.717, 1.165) is 42.7 Å². The van der Waals surface area contributed by atoms with E-state index in [0.29, 0.717) is 18.7 Å². The Labute approximate surface area is 129 Å². The van der Waals surface area contributed by atoms with Crippen molar-refractivity contribution in [3.05, 3.63) is 35.9 Å². The Morgan fingerprint density at radius 3 is 2.64 bits per heavy atom. The fourth-order valence-electron chi connectivity index (χ4n) is 3.22. The predicted octanol–water partition coefficient (Wildman–Crippen LogP) is 1.65. The number of para-hydroxylation sites is 1. The molecule has 1 aromatic carbocycles. The zero-order valence-corrected chi connectivity index (χ0v) is 12.4. The third kappa shape index (κ3) is 2.22. The summed E-state index contributed by atoms with van der Waals surface area (Å²) in [7, 11) is 0. The average molecular weight is 297 g/mol. The number of aliphatic hydroxyl groups is 1. The first-order valence-electron chi connectivity index (χ1n) is 7.84. The lowest BCUT2D eigenvalue weighted by Crippen LogP contribution is -2.53. The second kappa shape index (κ2) is 5.25. The van der Waals surface area contributed by atoms with E-state index < -0.39 is 0 Å². The van der Waals surface area contributed by atoms with E-state index >= 15 is 0 Å². The molecular formula is C17H19N3O2. The Balaban J connectivity index is 1.79. The van der Waals surface area contributed by atoms with Gasteiger partial charge in [-0.1, -0.05) is 18.2 Å². The van der Waals surface area contributed by atoms with Crippen LogP contribution in [0.2, 0.25) is 0 Å². The Morgan fingerprint density at radius 1 is 1.18 bits per heavy atom. The molecule has 2 aliphatic rings. The number of β-amino-alcohol motifs (C(OH)–C–C–N with tert-alkyl or cyclic N) is 1. The molecule has 0 aliphatic carbocycles. The molecule has 22 heavy (non-hydrogen) atoms. The van der Waals surface area contributed by atoms with E-state index in [4.69, 9.17) is 4.98 Å². The number of likely N-dealkylation sites (tertiary alicyclic amines) is 1. The number of nitrogens with zero attached hydrogens (tertiary/aromatic N) is 3. The summed E-state index contributed by atoms with van der Waals surface area (Å²) in [6.07, 6.45) is 1.90. The summed E-state index contributed by atoms with van der Waals surface area (Å²) in [5.74, 6) is 0.771. The standard InChI is InChI=1S/C17H19N3O2/c21-13-10-20(11-13)17(22)14-9-12-5-1-2-6-15(12)18-16(14)19-7-3-4-8-19/h1-2,5-6,9,13,21H,3-4,7-8,10-11H2. The maximum absolute atomic E-state index is 12.7. The Kier molecular flexibility index (Phi) is 3.22. The van der Waals surface area contributed by atoms with Crippen molar-refractivity contribution in [2.75, 3.05) is 31.1 Å². The molecule has 0 radical (unpaired) electrons. The minimum atomic E-state index is -0.382. The molecule has 2 aromatic rings. The van der Waals surface area contributed by atoms with E-state index in [1.807, 2.05) is 30.3 Å². The van der Waals surface area contributed by atoms with Gasteiger partial charge in [0.1, 0.15) is 5.82 Å². The highest BCUT2D eigenvalue weighted by atomic mass is 16.3. The molecule has 0 saturated carbocycles. The summed E-state index contributed by atoms with van der Waals surface area (Å²) in [6.45, 7) is 2.75. The molecule has 114 valence electrons. The number of hydrogen-bond donors (Lipinski definition) is 1. The van der Waals surface area contributed by atoms with Crippen molar-refractivity contribution >= 4 is 22.6 Å². The minimum Gasteiger partial charge on any atom is -0.389 e. The molecule has 1 N–H and O–H groups in total. The van der Waals surface area contributed by atoms with E-state index in [1.54, 1.807) is 4.90 Å². The van der Waals surface area contributed by atoms with Crippen molar-refractivity contribution in [2.24, 2.45) is 0 Å². The summed E-state index contributed by atoms with van der Waals surface area (Å²) in [5.41, 5.74) is 1.58. The van der Waals surface area contributed by atoms with Crippen molar-refractivity contribution < 1.29 is 9.90 Å². The maximum Gasteiger partial charge on any atom is 0.257 e. The highest BCUT2D eigenvalue weighted by Crippen LogP contribution is 2.28. The van der Waals surface area contributed by atoms with Crippen molar-refractivity contribution in [3.63, 3.8) is 0 Å². The number of pyridine rings is 1. The van der Waals surface area contributed by atoms with Gasteiger partial charge in [-0.2, -0.15) is 0 Å². The normalized spacial score (nSPS) is 18.8.